The maximum absolute atomic E-state index is 10.8. The lowest BCUT2D eigenvalue weighted by atomic mass is 10.1. The van der Waals surface area contributed by atoms with E-state index in [1.54, 1.807) is 24.4 Å². The van der Waals surface area contributed by atoms with Gasteiger partial charge in [-0.2, -0.15) is 5.10 Å². The van der Waals surface area contributed by atoms with E-state index in [0.717, 1.165) is 21.9 Å². The second-order valence-electron chi connectivity index (χ2n) is 3.35. The molecule has 1 aromatic carbocycles. The number of aromatic nitrogens is 3. The van der Waals surface area contributed by atoms with Crippen molar-refractivity contribution in [3.05, 3.63) is 30.0 Å². The second-order valence-corrected chi connectivity index (χ2v) is 3.35. The highest BCUT2D eigenvalue weighted by Crippen LogP contribution is 2.24. The van der Waals surface area contributed by atoms with Crippen molar-refractivity contribution in [1.29, 1.82) is 0 Å². The van der Waals surface area contributed by atoms with Crippen LogP contribution in [-0.2, 0) is 0 Å². The van der Waals surface area contributed by atoms with Crippen molar-refractivity contribution in [2.75, 3.05) is 0 Å². The third-order valence-electron chi connectivity index (χ3n) is 2.46. The predicted molar refractivity (Wildman–Crippen MR) is 54.9 cm³/mol. The fraction of sp³-hybridized carbons (Fsp3) is 0. The number of aromatic amines is 2. The van der Waals surface area contributed by atoms with Gasteiger partial charge in [0.1, 0.15) is 5.65 Å². The van der Waals surface area contributed by atoms with Gasteiger partial charge in [-0.25, -0.2) is 4.79 Å². The summed E-state index contributed by atoms with van der Waals surface area (Å²) in [5.41, 5.74) is 2.00. The van der Waals surface area contributed by atoms with Crippen LogP contribution in [0.1, 0.15) is 10.4 Å². The maximum Gasteiger partial charge on any atom is 0.335 e. The van der Waals surface area contributed by atoms with Gasteiger partial charge >= 0.3 is 5.97 Å². The van der Waals surface area contributed by atoms with Crippen LogP contribution in [0, 0.1) is 0 Å². The molecule has 5 heteroatoms. The van der Waals surface area contributed by atoms with E-state index >= 15 is 0 Å². The van der Waals surface area contributed by atoms with Crippen LogP contribution in [0.4, 0.5) is 0 Å². The van der Waals surface area contributed by atoms with Gasteiger partial charge in [-0.05, 0) is 18.2 Å². The number of fused-ring (bicyclic) bond motifs is 3. The van der Waals surface area contributed by atoms with E-state index in [0.29, 0.717) is 0 Å². The lowest BCUT2D eigenvalue weighted by molar-refractivity contribution is 0.0697. The van der Waals surface area contributed by atoms with E-state index in [2.05, 4.69) is 15.2 Å². The summed E-state index contributed by atoms with van der Waals surface area (Å²) in [4.78, 5) is 13.9. The number of H-pyrrole nitrogens is 2. The fourth-order valence-corrected chi connectivity index (χ4v) is 1.73. The third kappa shape index (κ3) is 1.03. The Hall–Kier alpha value is -2.30. The Balaban J connectivity index is 2.44. The number of nitrogens with one attached hydrogen (secondary N) is 2. The average Bonchev–Trinajstić information content (AvgIpc) is 2.75. The number of rotatable bonds is 1. The number of carboxylic acids is 1. The number of carboxylic acid groups (broad SMARTS) is 1. The Bertz CT molecular complexity index is 665. The van der Waals surface area contributed by atoms with E-state index in [1.165, 1.54) is 0 Å². The molecule has 3 rings (SSSR count). The molecule has 0 aliphatic heterocycles. The second kappa shape index (κ2) is 2.60. The molecule has 0 unspecified atom stereocenters. The molecule has 0 fully saturated rings. The SMILES string of the molecule is O=C(O)c1ccc2[nH]c3[nH]ncc3c2c1. The normalized spacial score (nSPS) is 11.2. The minimum absolute atomic E-state index is 0.282. The fourth-order valence-electron chi connectivity index (χ4n) is 1.73. The van der Waals surface area contributed by atoms with Crippen molar-refractivity contribution in [2.45, 2.75) is 0 Å². The van der Waals surface area contributed by atoms with Crippen molar-refractivity contribution in [1.82, 2.24) is 15.2 Å². The first kappa shape index (κ1) is 8.05. The molecule has 0 aliphatic carbocycles. The highest BCUT2D eigenvalue weighted by molar-refractivity contribution is 6.07. The van der Waals surface area contributed by atoms with Crippen molar-refractivity contribution in [2.24, 2.45) is 0 Å². The average molecular weight is 201 g/mol. The third-order valence-corrected chi connectivity index (χ3v) is 2.46. The summed E-state index contributed by atoms with van der Waals surface area (Å²) in [6.07, 6.45) is 1.68. The van der Waals surface area contributed by atoms with Gasteiger partial charge in [0, 0.05) is 16.3 Å². The van der Waals surface area contributed by atoms with Crippen LogP contribution in [0.25, 0.3) is 21.9 Å². The minimum Gasteiger partial charge on any atom is -0.478 e. The zero-order chi connectivity index (χ0) is 10.4. The molecule has 0 spiro atoms. The summed E-state index contributed by atoms with van der Waals surface area (Å²) in [7, 11) is 0. The van der Waals surface area contributed by atoms with Gasteiger partial charge in [-0.15, -0.1) is 0 Å². The van der Waals surface area contributed by atoms with Gasteiger partial charge in [-0.1, -0.05) is 0 Å². The molecule has 5 nitrogen and oxygen atoms in total. The molecule has 0 aliphatic rings. The Morgan fingerprint density at radius 2 is 2.20 bits per heavy atom. The van der Waals surface area contributed by atoms with Crippen LogP contribution in [0.15, 0.2) is 24.4 Å². The monoisotopic (exact) mass is 201 g/mol. The van der Waals surface area contributed by atoms with Crippen LogP contribution in [0.3, 0.4) is 0 Å². The predicted octanol–water partition coefficient (Wildman–Crippen LogP) is 1.74. The first-order valence-corrected chi connectivity index (χ1v) is 4.44. The Morgan fingerprint density at radius 3 is 3.00 bits per heavy atom. The molecule has 2 aromatic heterocycles. The smallest absolute Gasteiger partial charge is 0.335 e. The highest BCUT2D eigenvalue weighted by Gasteiger charge is 2.08. The topological polar surface area (TPSA) is 81.8 Å². The van der Waals surface area contributed by atoms with E-state index in [-0.39, 0.29) is 5.56 Å². The molecule has 15 heavy (non-hydrogen) atoms. The molecule has 3 aromatic rings. The number of carbonyl (C=O) groups is 1. The van der Waals surface area contributed by atoms with Crippen LogP contribution < -0.4 is 0 Å². The van der Waals surface area contributed by atoms with Crippen LogP contribution in [0.5, 0.6) is 0 Å². The molecule has 0 amide bonds. The van der Waals surface area contributed by atoms with Crippen molar-refractivity contribution >= 4 is 27.9 Å². The van der Waals surface area contributed by atoms with Crippen LogP contribution >= 0.6 is 0 Å². The van der Waals surface area contributed by atoms with E-state index in [9.17, 15) is 4.79 Å². The lowest BCUT2D eigenvalue weighted by Gasteiger charge is -1.94. The molecule has 0 radical (unpaired) electrons. The quantitative estimate of drug-likeness (QED) is 0.560. The first-order valence-electron chi connectivity index (χ1n) is 4.44. The molecule has 0 bridgehead atoms. The largest absolute Gasteiger partial charge is 0.478 e. The first-order chi connectivity index (χ1) is 7.25. The zero-order valence-electron chi connectivity index (χ0n) is 7.61. The molecular formula is C10H7N3O2. The number of hydrogen-bond donors (Lipinski definition) is 3. The summed E-state index contributed by atoms with van der Waals surface area (Å²) in [6, 6.07) is 4.98. The van der Waals surface area contributed by atoms with Gasteiger partial charge in [0.25, 0.3) is 0 Å². The Kier molecular flexibility index (Phi) is 1.39. The number of aromatic carboxylic acids is 1. The van der Waals surface area contributed by atoms with Gasteiger partial charge in [0.2, 0.25) is 0 Å². The molecule has 2 heterocycles. The number of hydrogen-bond acceptors (Lipinski definition) is 2. The van der Waals surface area contributed by atoms with Crippen molar-refractivity contribution < 1.29 is 9.90 Å². The van der Waals surface area contributed by atoms with Crippen molar-refractivity contribution in [3.63, 3.8) is 0 Å². The van der Waals surface area contributed by atoms with E-state index < -0.39 is 5.97 Å². The molecule has 74 valence electrons. The maximum atomic E-state index is 10.8. The summed E-state index contributed by atoms with van der Waals surface area (Å²) >= 11 is 0. The standard InChI is InChI=1S/C10H7N3O2/c14-10(15)5-1-2-8-6(3-5)7-4-11-13-9(7)12-8/h1-4H,(H,14,15)(H2,11,12,13). The van der Waals surface area contributed by atoms with Crippen molar-refractivity contribution in [3.8, 4) is 0 Å². The van der Waals surface area contributed by atoms with Crippen LogP contribution in [-0.4, -0.2) is 26.3 Å². The Morgan fingerprint density at radius 1 is 1.33 bits per heavy atom. The summed E-state index contributed by atoms with van der Waals surface area (Å²) in [5.74, 6) is -0.922. The van der Waals surface area contributed by atoms with Gasteiger partial charge in [-0.3, -0.25) is 5.10 Å². The number of benzene rings is 1. The van der Waals surface area contributed by atoms with Crippen LogP contribution in [0.2, 0.25) is 0 Å². The highest BCUT2D eigenvalue weighted by atomic mass is 16.4. The van der Waals surface area contributed by atoms with Gasteiger partial charge in [0.05, 0.1) is 11.8 Å². The van der Waals surface area contributed by atoms with E-state index in [4.69, 9.17) is 5.11 Å². The van der Waals surface area contributed by atoms with E-state index in [1.807, 2.05) is 0 Å². The molecule has 0 saturated carbocycles. The molecule has 3 N–H and O–H groups in total. The lowest BCUT2D eigenvalue weighted by Crippen LogP contribution is -1.94. The molecule has 0 saturated heterocycles. The van der Waals surface area contributed by atoms with Gasteiger partial charge in [0.15, 0.2) is 0 Å². The number of nitrogens with zero attached hydrogens (tertiary/aromatic N) is 1. The summed E-state index contributed by atoms with van der Waals surface area (Å²) in [6.45, 7) is 0. The Labute approximate surface area is 83.7 Å². The summed E-state index contributed by atoms with van der Waals surface area (Å²) < 4.78 is 0. The minimum atomic E-state index is -0.922. The zero-order valence-corrected chi connectivity index (χ0v) is 7.61. The molecular weight excluding hydrogens is 194 g/mol. The molecule has 0 atom stereocenters. The summed E-state index contributed by atoms with van der Waals surface area (Å²) in [5, 5.41) is 17.3. The van der Waals surface area contributed by atoms with Gasteiger partial charge < -0.3 is 10.1 Å².